The minimum atomic E-state index is -1.61. The molecule has 0 aromatic heterocycles. The molecule has 154 valence electrons. The van der Waals surface area contributed by atoms with Crippen LogP contribution in [-0.4, -0.2) is 66.3 Å². The number of hydrogen-bond acceptors (Lipinski definition) is 6. The van der Waals surface area contributed by atoms with Gasteiger partial charge in [-0.3, -0.25) is 0 Å². The molecular weight excluding hydrogens is 348 g/mol. The fourth-order valence-corrected chi connectivity index (χ4v) is 7.57. The third-order valence-electron chi connectivity index (χ3n) is 9.10. The third-order valence-corrected chi connectivity index (χ3v) is 9.10. The van der Waals surface area contributed by atoms with Crippen molar-refractivity contribution in [2.45, 2.75) is 94.9 Å². The van der Waals surface area contributed by atoms with Gasteiger partial charge in [-0.15, -0.1) is 0 Å². The zero-order valence-electron chi connectivity index (χ0n) is 16.5. The summed E-state index contributed by atoms with van der Waals surface area (Å²) in [5, 5.41) is 66.6. The summed E-state index contributed by atoms with van der Waals surface area (Å²) < 4.78 is 0. The van der Waals surface area contributed by atoms with Gasteiger partial charge in [0.15, 0.2) is 0 Å². The Morgan fingerprint density at radius 2 is 1.74 bits per heavy atom. The molecule has 27 heavy (non-hydrogen) atoms. The number of aliphatic hydroxyl groups excluding tert-OH is 4. The molecule has 3 fully saturated rings. The topological polar surface area (TPSA) is 121 Å². The average molecular weight is 382 g/mol. The summed E-state index contributed by atoms with van der Waals surface area (Å²) in [5.74, 6) is -1.14. The van der Waals surface area contributed by atoms with E-state index in [2.05, 4.69) is 0 Å². The molecule has 0 bridgehead atoms. The lowest BCUT2D eigenvalue weighted by Crippen LogP contribution is -2.79. The van der Waals surface area contributed by atoms with Crippen LogP contribution in [-0.2, 0) is 0 Å². The Morgan fingerprint density at radius 3 is 2.37 bits per heavy atom. The van der Waals surface area contributed by atoms with Gasteiger partial charge in [0.25, 0.3) is 0 Å². The number of rotatable bonds is 1. The first-order valence-electron chi connectivity index (χ1n) is 10.3. The minimum Gasteiger partial charge on any atom is -0.393 e. The lowest BCUT2D eigenvalue weighted by molar-refractivity contribution is -0.331. The minimum absolute atomic E-state index is 0.178. The van der Waals surface area contributed by atoms with Gasteiger partial charge in [-0.05, 0) is 56.8 Å². The second-order valence-electron chi connectivity index (χ2n) is 10.1. The molecular formula is C21H34O6. The van der Waals surface area contributed by atoms with Crippen molar-refractivity contribution in [1.82, 2.24) is 0 Å². The largest absolute Gasteiger partial charge is 0.393 e. The van der Waals surface area contributed by atoms with Crippen LogP contribution in [0.5, 0.6) is 0 Å². The summed E-state index contributed by atoms with van der Waals surface area (Å²) in [5.41, 5.74) is -4.00. The van der Waals surface area contributed by atoms with Crippen molar-refractivity contribution >= 4 is 0 Å². The molecule has 0 radical (unpaired) electrons. The Hall–Kier alpha value is -0.500. The molecule has 4 aliphatic carbocycles. The lowest BCUT2D eigenvalue weighted by atomic mass is 9.42. The van der Waals surface area contributed by atoms with Gasteiger partial charge in [0.2, 0.25) is 0 Å². The van der Waals surface area contributed by atoms with E-state index in [9.17, 15) is 30.6 Å². The van der Waals surface area contributed by atoms with Crippen LogP contribution in [0.2, 0.25) is 0 Å². The van der Waals surface area contributed by atoms with Gasteiger partial charge < -0.3 is 30.6 Å². The van der Waals surface area contributed by atoms with E-state index in [0.717, 1.165) is 5.57 Å². The van der Waals surface area contributed by atoms with Crippen LogP contribution in [0.3, 0.4) is 0 Å². The Balaban J connectivity index is 1.88. The van der Waals surface area contributed by atoms with E-state index in [0.29, 0.717) is 25.7 Å². The first-order valence-corrected chi connectivity index (χ1v) is 10.3. The van der Waals surface area contributed by atoms with E-state index in [-0.39, 0.29) is 12.8 Å². The Kier molecular flexibility index (Phi) is 4.23. The lowest BCUT2D eigenvalue weighted by Gasteiger charge is -2.67. The number of fused-ring (bicyclic) bond motifs is 5. The molecule has 0 amide bonds. The summed E-state index contributed by atoms with van der Waals surface area (Å²) in [6.07, 6.45) is 0.849. The van der Waals surface area contributed by atoms with Crippen molar-refractivity contribution in [2.75, 3.05) is 0 Å². The van der Waals surface area contributed by atoms with E-state index in [1.165, 1.54) is 0 Å². The molecule has 0 heterocycles. The molecule has 3 saturated carbocycles. The van der Waals surface area contributed by atoms with Crippen LogP contribution in [0.4, 0.5) is 0 Å². The van der Waals surface area contributed by atoms with Crippen molar-refractivity contribution in [2.24, 2.45) is 22.7 Å². The molecule has 6 heteroatoms. The van der Waals surface area contributed by atoms with Crippen LogP contribution in [0, 0.1) is 22.7 Å². The van der Waals surface area contributed by atoms with Gasteiger partial charge in [0.1, 0.15) is 11.2 Å². The van der Waals surface area contributed by atoms with E-state index in [4.69, 9.17) is 0 Å². The molecule has 0 aliphatic heterocycles. The highest BCUT2D eigenvalue weighted by molar-refractivity contribution is 5.35. The fourth-order valence-electron chi connectivity index (χ4n) is 7.57. The molecule has 4 aliphatic rings. The number of aliphatic hydroxyl groups is 6. The van der Waals surface area contributed by atoms with E-state index < -0.39 is 58.3 Å². The monoisotopic (exact) mass is 382 g/mol. The average Bonchev–Trinajstić information content (AvgIpc) is 2.88. The second kappa shape index (κ2) is 5.77. The predicted octanol–water partition coefficient (Wildman–Crippen LogP) is 0.478. The summed E-state index contributed by atoms with van der Waals surface area (Å²) in [6, 6.07) is 0. The van der Waals surface area contributed by atoms with Crippen LogP contribution in [0.1, 0.15) is 59.3 Å². The van der Waals surface area contributed by atoms with Gasteiger partial charge in [-0.1, -0.05) is 25.5 Å². The zero-order chi connectivity index (χ0) is 20.0. The molecule has 6 nitrogen and oxygen atoms in total. The fraction of sp³-hybridized carbons (Fsp3) is 0.905. The van der Waals surface area contributed by atoms with Crippen molar-refractivity contribution < 1.29 is 30.6 Å². The SMILES string of the molecule is CC(O)[C@H]1CC[C@@]2(O)[C@]3(O)CC=C4CC(O)CC[C@]4(C)[C@H]3C(O)C(O)[C@]12C. The van der Waals surface area contributed by atoms with Gasteiger partial charge in [0, 0.05) is 11.3 Å². The molecule has 10 atom stereocenters. The summed E-state index contributed by atoms with van der Waals surface area (Å²) >= 11 is 0. The van der Waals surface area contributed by atoms with Crippen molar-refractivity contribution in [1.29, 1.82) is 0 Å². The quantitative estimate of drug-likeness (QED) is 0.367. The predicted molar refractivity (Wildman–Crippen MR) is 98.6 cm³/mol. The van der Waals surface area contributed by atoms with Gasteiger partial charge in [-0.25, -0.2) is 0 Å². The molecule has 4 unspecified atom stereocenters. The standard InChI is InChI=1S/C21H34O6/c1-11(22)14-6-9-21(27)19(14,3)17(25)15(24)16-18(2)7-5-13(23)10-12(18)4-8-20(16,21)26/h4,11,13-17,22-27H,5-10H2,1-3H3/t11?,13?,14-,15?,16-,17?,18+,19+,20+,21+/m1/s1. The molecule has 0 aromatic rings. The maximum absolute atomic E-state index is 11.9. The molecule has 0 spiro atoms. The summed E-state index contributed by atoms with van der Waals surface area (Å²) in [7, 11) is 0. The molecule has 6 N–H and O–H groups in total. The first-order chi connectivity index (χ1) is 12.4. The molecule has 0 aromatic carbocycles. The first kappa shape index (κ1) is 19.8. The van der Waals surface area contributed by atoms with E-state index >= 15 is 0 Å². The third kappa shape index (κ3) is 2.12. The molecule has 0 saturated heterocycles. The maximum Gasteiger partial charge on any atom is 0.104 e. The van der Waals surface area contributed by atoms with Gasteiger partial charge >= 0.3 is 0 Å². The van der Waals surface area contributed by atoms with Crippen molar-refractivity contribution in [3.63, 3.8) is 0 Å². The van der Waals surface area contributed by atoms with E-state index in [1.54, 1.807) is 13.8 Å². The summed E-state index contributed by atoms with van der Waals surface area (Å²) in [6.45, 7) is 5.31. The Bertz CT molecular complexity index is 663. The maximum atomic E-state index is 11.9. The van der Waals surface area contributed by atoms with Gasteiger partial charge in [-0.2, -0.15) is 0 Å². The van der Waals surface area contributed by atoms with Crippen LogP contribution >= 0.6 is 0 Å². The highest BCUT2D eigenvalue weighted by atomic mass is 16.4. The Labute approximate surface area is 160 Å². The van der Waals surface area contributed by atoms with Crippen LogP contribution in [0.15, 0.2) is 11.6 Å². The highest BCUT2D eigenvalue weighted by Gasteiger charge is 2.78. The van der Waals surface area contributed by atoms with Crippen molar-refractivity contribution in [3.05, 3.63) is 11.6 Å². The Morgan fingerprint density at radius 1 is 1.07 bits per heavy atom. The highest BCUT2D eigenvalue weighted by Crippen LogP contribution is 2.69. The summed E-state index contributed by atoms with van der Waals surface area (Å²) in [4.78, 5) is 0. The van der Waals surface area contributed by atoms with Crippen molar-refractivity contribution in [3.8, 4) is 0 Å². The number of hydrogen-bond donors (Lipinski definition) is 6. The normalized spacial score (nSPS) is 58.7. The zero-order valence-corrected chi connectivity index (χ0v) is 16.5. The van der Waals surface area contributed by atoms with E-state index in [1.807, 2.05) is 13.0 Å². The second-order valence-corrected chi connectivity index (χ2v) is 10.1. The smallest absolute Gasteiger partial charge is 0.104 e. The van der Waals surface area contributed by atoms with Crippen LogP contribution in [0.25, 0.3) is 0 Å². The molecule has 4 rings (SSSR count). The van der Waals surface area contributed by atoms with Gasteiger partial charge in [0.05, 0.1) is 24.4 Å². The van der Waals surface area contributed by atoms with Crippen LogP contribution < -0.4 is 0 Å².